The van der Waals surface area contributed by atoms with Crippen LogP contribution in [0.3, 0.4) is 0 Å². The van der Waals surface area contributed by atoms with E-state index >= 15 is 0 Å². The topological polar surface area (TPSA) is 116 Å². The van der Waals surface area contributed by atoms with Gasteiger partial charge in [-0.25, -0.2) is 9.59 Å². The minimum atomic E-state index is -1.24. The van der Waals surface area contributed by atoms with Gasteiger partial charge in [-0.15, -0.1) is 0 Å². The zero-order chi connectivity index (χ0) is 16.6. The van der Waals surface area contributed by atoms with Gasteiger partial charge in [-0.3, -0.25) is 14.9 Å². The molecular formula is C13H21N3O5. The molecule has 0 aromatic heterocycles. The van der Waals surface area contributed by atoms with Gasteiger partial charge in [-0.05, 0) is 19.3 Å². The first-order chi connectivity index (χ1) is 9.37. The van der Waals surface area contributed by atoms with E-state index in [2.05, 4.69) is 10.6 Å². The van der Waals surface area contributed by atoms with Crippen molar-refractivity contribution in [3.05, 3.63) is 0 Å². The third kappa shape index (κ3) is 3.50. The molecule has 0 aromatic rings. The smallest absolute Gasteiger partial charge is 0.326 e. The van der Waals surface area contributed by atoms with Gasteiger partial charge in [0.25, 0.3) is 5.91 Å². The highest BCUT2D eigenvalue weighted by Crippen LogP contribution is 2.22. The van der Waals surface area contributed by atoms with Crippen molar-refractivity contribution >= 4 is 23.8 Å². The maximum atomic E-state index is 12.3. The Morgan fingerprint density at radius 1 is 1.33 bits per heavy atom. The summed E-state index contributed by atoms with van der Waals surface area (Å²) in [7, 11) is 0. The minimum Gasteiger partial charge on any atom is -0.480 e. The molecule has 4 amide bonds. The van der Waals surface area contributed by atoms with Crippen LogP contribution in [0.25, 0.3) is 0 Å². The van der Waals surface area contributed by atoms with Crippen molar-refractivity contribution in [3.63, 3.8) is 0 Å². The van der Waals surface area contributed by atoms with E-state index in [0.717, 1.165) is 4.90 Å². The van der Waals surface area contributed by atoms with Gasteiger partial charge in [0.1, 0.15) is 18.1 Å². The molecule has 0 spiro atoms. The largest absolute Gasteiger partial charge is 0.480 e. The molecule has 1 aliphatic rings. The number of hydrogen-bond donors (Lipinski definition) is 3. The fraction of sp³-hybridized carbons (Fsp3) is 0.692. The molecule has 0 aromatic carbocycles. The van der Waals surface area contributed by atoms with Crippen molar-refractivity contribution < 1.29 is 24.3 Å². The summed E-state index contributed by atoms with van der Waals surface area (Å²) >= 11 is 0. The van der Waals surface area contributed by atoms with Crippen molar-refractivity contribution in [1.82, 2.24) is 15.5 Å². The summed E-state index contributed by atoms with van der Waals surface area (Å²) in [5.74, 6) is -2.38. The number of carboxylic acid groups (broad SMARTS) is 1. The summed E-state index contributed by atoms with van der Waals surface area (Å²) in [6.07, 6.45) is 0. The van der Waals surface area contributed by atoms with E-state index in [0.29, 0.717) is 0 Å². The third-order valence-electron chi connectivity index (χ3n) is 3.41. The van der Waals surface area contributed by atoms with Crippen LogP contribution in [0.5, 0.6) is 0 Å². The summed E-state index contributed by atoms with van der Waals surface area (Å²) in [6.45, 7) is 7.69. The van der Waals surface area contributed by atoms with Crippen LogP contribution in [0, 0.1) is 5.41 Å². The third-order valence-corrected chi connectivity index (χ3v) is 3.41. The standard InChI is InChI=1S/C13H21N3O5/c1-12(2,3)8(9(18)19)15-11(21)16-6-7(17)14-10(20)13(16,4)5/h8H,6H2,1-5H3,(H,15,21)(H,18,19)(H,14,17,20)/t8-/m1/s1. The first kappa shape index (κ1) is 16.9. The molecular weight excluding hydrogens is 278 g/mol. The lowest BCUT2D eigenvalue weighted by atomic mass is 9.87. The van der Waals surface area contributed by atoms with E-state index in [9.17, 15) is 24.3 Å². The molecule has 8 nitrogen and oxygen atoms in total. The average Bonchev–Trinajstić information content (AvgIpc) is 2.28. The van der Waals surface area contributed by atoms with Gasteiger partial charge in [0.2, 0.25) is 5.91 Å². The zero-order valence-electron chi connectivity index (χ0n) is 12.8. The molecule has 1 saturated heterocycles. The van der Waals surface area contributed by atoms with Crippen molar-refractivity contribution in [1.29, 1.82) is 0 Å². The first-order valence-corrected chi connectivity index (χ1v) is 6.52. The number of piperazine rings is 1. The molecule has 8 heteroatoms. The van der Waals surface area contributed by atoms with E-state index in [-0.39, 0.29) is 6.54 Å². The Kier molecular flexibility index (Phi) is 4.31. The van der Waals surface area contributed by atoms with Crippen LogP contribution in [0.15, 0.2) is 0 Å². The highest BCUT2D eigenvalue weighted by Gasteiger charge is 2.45. The summed E-state index contributed by atoms with van der Waals surface area (Å²) in [5.41, 5.74) is -1.95. The second kappa shape index (κ2) is 5.34. The van der Waals surface area contributed by atoms with Crippen LogP contribution in [0.1, 0.15) is 34.6 Å². The molecule has 118 valence electrons. The molecule has 0 unspecified atom stereocenters. The highest BCUT2D eigenvalue weighted by molar-refractivity contribution is 6.06. The SMILES string of the molecule is CC(C)(C)[C@H](NC(=O)N1CC(=O)NC(=O)C1(C)C)C(=O)O. The van der Waals surface area contributed by atoms with Crippen LogP contribution in [0.4, 0.5) is 4.79 Å². The van der Waals surface area contributed by atoms with Crippen LogP contribution in [-0.4, -0.2) is 51.9 Å². The Balaban J connectivity index is 2.98. The maximum Gasteiger partial charge on any atom is 0.326 e. The maximum absolute atomic E-state index is 12.3. The van der Waals surface area contributed by atoms with E-state index < -0.39 is 40.8 Å². The minimum absolute atomic E-state index is 0.305. The number of carbonyl (C=O) groups is 4. The fourth-order valence-corrected chi connectivity index (χ4v) is 1.96. The van der Waals surface area contributed by atoms with Gasteiger partial charge in [-0.2, -0.15) is 0 Å². The van der Waals surface area contributed by atoms with Crippen LogP contribution in [-0.2, 0) is 14.4 Å². The molecule has 0 radical (unpaired) electrons. The van der Waals surface area contributed by atoms with Crippen molar-refractivity contribution in [2.75, 3.05) is 6.54 Å². The van der Waals surface area contributed by atoms with Crippen LogP contribution < -0.4 is 10.6 Å². The number of nitrogens with zero attached hydrogens (tertiary/aromatic N) is 1. The summed E-state index contributed by atoms with van der Waals surface area (Å²) in [6, 6.07) is -1.90. The molecule has 0 aliphatic carbocycles. The number of urea groups is 1. The van der Waals surface area contributed by atoms with Gasteiger partial charge in [-0.1, -0.05) is 20.8 Å². The lowest BCUT2D eigenvalue weighted by molar-refractivity contribution is -0.143. The second-order valence-electron chi connectivity index (χ2n) is 6.61. The molecule has 1 fully saturated rings. The normalized spacial score (nSPS) is 19.8. The van der Waals surface area contributed by atoms with E-state index in [1.54, 1.807) is 20.8 Å². The summed E-state index contributed by atoms with van der Waals surface area (Å²) in [4.78, 5) is 47.8. The van der Waals surface area contributed by atoms with Crippen LogP contribution in [0.2, 0.25) is 0 Å². The Bertz CT molecular complexity index is 493. The molecule has 1 rings (SSSR count). The molecule has 3 N–H and O–H groups in total. The monoisotopic (exact) mass is 299 g/mol. The lowest BCUT2D eigenvalue weighted by Gasteiger charge is -2.41. The van der Waals surface area contributed by atoms with Gasteiger partial charge < -0.3 is 15.3 Å². The number of rotatable bonds is 2. The van der Waals surface area contributed by atoms with Crippen molar-refractivity contribution in [3.8, 4) is 0 Å². The van der Waals surface area contributed by atoms with Gasteiger partial charge in [0.05, 0.1) is 0 Å². The Morgan fingerprint density at radius 2 is 1.86 bits per heavy atom. The van der Waals surface area contributed by atoms with Gasteiger partial charge >= 0.3 is 12.0 Å². The number of hydrogen-bond acceptors (Lipinski definition) is 4. The van der Waals surface area contributed by atoms with Crippen LogP contribution >= 0.6 is 0 Å². The second-order valence-corrected chi connectivity index (χ2v) is 6.61. The molecule has 1 aliphatic heterocycles. The van der Waals surface area contributed by atoms with E-state index in [1.165, 1.54) is 13.8 Å². The van der Waals surface area contributed by atoms with E-state index in [1.807, 2.05) is 0 Å². The quantitative estimate of drug-likeness (QED) is 0.617. The number of imide groups is 1. The average molecular weight is 299 g/mol. The predicted molar refractivity (Wildman–Crippen MR) is 73.3 cm³/mol. The number of nitrogens with one attached hydrogen (secondary N) is 2. The van der Waals surface area contributed by atoms with Gasteiger partial charge in [0.15, 0.2) is 0 Å². The Hall–Kier alpha value is -2.12. The summed E-state index contributed by atoms with van der Waals surface area (Å²) in [5, 5.41) is 13.7. The molecule has 1 heterocycles. The van der Waals surface area contributed by atoms with E-state index in [4.69, 9.17) is 0 Å². The number of carbonyl (C=O) groups excluding carboxylic acids is 3. The first-order valence-electron chi connectivity index (χ1n) is 6.52. The van der Waals surface area contributed by atoms with Crippen molar-refractivity contribution in [2.24, 2.45) is 5.41 Å². The predicted octanol–water partition coefficient (Wildman–Crippen LogP) is -0.0677. The molecule has 21 heavy (non-hydrogen) atoms. The highest BCUT2D eigenvalue weighted by atomic mass is 16.4. The molecule has 0 bridgehead atoms. The zero-order valence-corrected chi connectivity index (χ0v) is 12.8. The summed E-state index contributed by atoms with van der Waals surface area (Å²) < 4.78 is 0. The Morgan fingerprint density at radius 3 is 2.29 bits per heavy atom. The van der Waals surface area contributed by atoms with Gasteiger partial charge in [0, 0.05) is 0 Å². The fourth-order valence-electron chi connectivity index (χ4n) is 1.96. The lowest BCUT2D eigenvalue weighted by Crippen LogP contribution is -2.68. The van der Waals surface area contributed by atoms with Crippen molar-refractivity contribution in [2.45, 2.75) is 46.2 Å². The molecule has 0 saturated carbocycles. The number of aliphatic carboxylic acids is 1. The Labute approximate surface area is 122 Å². The number of carboxylic acids is 1. The number of amides is 4. The molecule has 1 atom stereocenters.